The molecule has 5 nitrogen and oxygen atoms in total. The number of amides is 2. The highest BCUT2D eigenvalue weighted by Crippen LogP contribution is 2.39. The maximum absolute atomic E-state index is 12.7. The summed E-state index contributed by atoms with van der Waals surface area (Å²) in [5.74, 6) is 1.36. The van der Waals surface area contributed by atoms with E-state index in [0.717, 1.165) is 31.6 Å². The number of likely N-dealkylation sites (tertiary alicyclic amines) is 1. The Balaban J connectivity index is 1.52. The average Bonchev–Trinajstić information content (AvgIpc) is 3.10. The fraction of sp³-hybridized carbons (Fsp3) is 0.600. The van der Waals surface area contributed by atoms with E-state index >= 15 is 0 Å². The van der Waals surface area contributed by atoms with Crippen LogP contribution in [0.5, 0.6) is 0 Å². The number of hydrogen-bond acceptors (Lipinski definition) is 4. The predicted molar refractivity (Wildman–Crippen MR) is 111 cm³/mol. The third-order valence-corrected chi connectivity index (χ3v) is 7.47. The number of thioether (sulfide) groups is 1. The van der Waals surface area contributed by atoms with Crippen molar-refractivity contribution in [3.8, 4) is 0 Å². The first-order valence-electron chi connectivity index (χ1n) is 9.67. The Morgan fingerprint density at radius 1 is 1.37 bits per heavy atom. The van der Waals surface area contributed by atoms with E-state index in [9.17, 15) is 9.59 Å². The van der Waals surface area contributed by atoms with Gasteiger partial charge >= 0.3 is 0 Å². The zero-order valence-electron chi connectivity index (χ0n) is 16.0. The van der Waals surface area contributed by atoms with Gasteiger partial charge in [0.25, 0.3) is 5.91 Å². The van der Waals surface area contributed by atoms with Gasteiger partial charge in [-0.1, -0.05) is 44.0 Å². The van der Waals surface area contributed by atoms with Crippen LogP contribution in [0.15, 0.2) is 24.3 Å². The van der Waals surface area contributed by atoms with Crippen LogP contribution in [0.2, 0.25) is 5.02 Å². The molecule has 2 fully saturated rings. The van der Waals surface area contributed by atoms with Gasteiger partial charge in [0.15, 0.2) is 0 Å². The van der Waals surface area contributed by atoms with Gasteiger partial charge in [0.2, 0.25) is 5.91 Å². The Hall–Kier alpha value is -1.24. The van der Waals surface area contributed by atoms with Crippen molar-refractivity contribution in [3.63, 3.8) is 0 Å². The molecule has 0 saturated carbocycles. The molecule has 1 aromatic rings. The Morgan fingerprint density at radius 2 is 2.07 bits per heavy atom. The molecule has 2 saturated heterocycles. The lowest BCUT2D eigenvalue weighted by Crippen LogP contribution is -2.54. The van der Waals surface area contributed by atoms with E-state index in [-0.39, 0.29) is 22.7 Å². The summed E-state index contributed by atoms with van der Waals surface area (Å²) in [4.78, 5) is 26.9. The maximum atomic E-state index is 12.7. The molecule has 2 unspecified atom stereocenters. The summed E-state index contributed by atoms with van der Waals surface area (Å²) < 4.78 is 0. The molecule has 2 N–H and O–H groups in total. The molecule has 0 radical (unpaired) electrons. The third-order valence-electron chi connectivity index (χ3n) is 5.56. The summed E-state index contributed by atoms with van der Waals surface area (Å²) in [6.45, 7) is 6.35. The molecule has 2 atom stereocenters. The highest BCUT2D eigenvalue weighted by molar-refractivity contribution is 8.01. The van der Waals surface area contributed by atoms with Crippen molar-refractivity contribution in [2.45, 2.75) is 44.0 Å². The van der Waals surface area contributed by atoms with Crippen molar-refractivity contribution in [3.05, 3.63) is 34.9 Å². The van der Waals surface area contributed by atoms with Gasteiger partial charge in [-0.25, -0.2) is 0 Å². The molecule has 3 rings (SSSR count). The number of hydrogen-bond donors (Lipinski definition) is 2. The minimum Gasteiger partial charge on any atom is -0.354 e. The summed E-state index contributed by atoms with van der Waals surface area (Å²) in [6, 6.07) is 7.04. The predicted octanol–water partition coefficient (Wildman–Crippen LogP) is 3.14. The number of nitrogens with one attached hydrogen (secondary N) is 2. The van der Waals surface area contributed by atoms with Gasteiger partial charge in [-0.2, -0.15) is 0 Å². The van der Waals surface area contributed by atoms with Crippen molar-refractivity contribution >= 4 is 35.2 Å². The third kappa shape index (κ3) is 4.79. The van der Waals surface area contributed by atoms with Crippen LogP contribution in [0.4, 0.5) is 0 Å². The van der Waals surface area contributed by atoms with Crippen LogP contribution in [0.3, 0.4) is 0 Å². The Labute approximate surface area is 170 Å². The second kappa shape index (κ2) is 8.84. The monoisotopic (exact) mass is 409 g/mol. The zero-order chi connectivity index (χ0) is 19.4. The van der Waals surface area contributed by atoms with Crippen LogP contribution >= 0.6 is 23.4 Å². The molecule has 2 aliphatic heterocycles. The van der Waals surface area contributed by atoms with E-state index in [4.69, 9.17) is 11.6 Å². The van der Waals surface area contributed by atoms with Gasteiger partial charge in [0, 0.05) is 25.4 Å². The number of carbonyl (C=O) groups excluding carboxylic acids is 2. The summed E-state index contributed by atoms with van der Waals surface area (Å²) in [7, 11) is 0. The quantitative estimate of drug-likeness (QED) is 0.784. The van der Waals surface area contributed by atoms with E-state index in [0.29, 0.717) is 29.6 Å². The molecule has 0 aliphatic carbocycles. The first-order chi connectivity index (χ1) is 12.9. The van der Waals surface area contributed by atoms with Gasteiger partial charge in [-0.3, -0.25) is 14.9 Å². The first-order valence-corrected chi connectivity index (χ1v) is 11.0. The summed E-state index contributed by atoms with van der Waals surface area (Å²) in [5.41, 5.74) is 0.560. The highest BCUT2D eigenvalue weighted by Gasteiger charge is 2.44. The Kier molecular flexibility index (Phi) is 6.71. The van der Waals surface area contributed by atoms with Crippen LogP contribution in [-0.4, -0.2) is 53.0 Å². The second-order valence-corrected chi connectivity index (χ2v) is 9.34. The Bertz CT molecular complexity index is 692. The SMILES string of the molecule is CCC(C)CNC(=O)C1CSC2(CCN(C(=O)c3ccccc3Cl)CC2)N1. The standard InChI is InChI=1S/C20H28ClN3O2S/c1-3-14(2)12-22-18(25)17-13-27-20(23-17)8-10-24(11-9-20)19(26)15-6-4-5-7-16(15)21/h4-7,14,17,23H,3,8-13H2,1-2H3,(H,22,25). The van der Waals surface area contributed by atoms with E-state index in [2.05, 4.69) is 24.5 Å². The maximum Gasteiger partial charge on any atom is 0.255 e. The minimum atomic E-state index is -0.148. The average molecular weight is 410 g/mol. The summed E-state index contributed by atoms with van der Waals surface area (Å²) in [6.07, 6.45) is 2.73. The number of halogens is 1. The molecule has 2 heterocycles. The molecule has 0 aromatic heterocycles. The molecular formula is C20H28ClN3O2S. The molecule has 1 aromatic carbocycles. The summed E-state index contributed by atoms with van der Waals surface area (Å²) in [5, 5.41) is 7.10. The van der Waals surface area contributed by atoms with E-state index in [1.54, 1.807) is 12.1 Å². The molecule has 0 bridgehead atoms. The largest absolute Gasteiger partial charge is 0.354 e. The lowest BCUT2D eigenvalue weighted by atomic mass is 10.0. The molecular weight excluding hydrogens is 382 g/mol. The Morgan fingerprint density at radius 3 is 2.74 bits per heavy atom. The van der Waals surface area contributed by atoms with Gasteiger partial charge in [-0.05, 0) is 30.9 Å². The van der Waals surface area contributed by atoms with Crippen LogP contribution in [0.25, 0.3) is 0 Å². The molecule has 148 valence electrons. The van der Waals surface area contributed by atoms with Crippen LogP contribution in [0.1, 0.15) is 43.5 Å². The van der Waals surface area contributed by atoms with E-state index in [1.165, 1.54) is 0 Å². The number of nitrogens with zero attached hydrogens (tertiary/aromatic N) is 1. The van der Waals surface area contributed by atoms with E-state index in [1.807, 2.05) is 28.8 Å². The highest BCUT2D eigenvalue weighted by atomic mass is 35.5. The number of piperidine rings is 1. The second-order valence-electron chi connectivity index (χ2n) is 7.53. The van der Waals surface area contributed by atoms with Crippen LogP contribution < -0.4 is 10.6 Å². The van der Waals surface area contributed by atoms with Crippen molar-refractivity contribution in [2.75, 3.05) is 25.4 Å². The normalized spacial score (nSPS) is 22.6. The number of carbonyl (C=O) groups is 2. The lowest BCUT2D eigenvalue weighted by molar-refractivity contribution is -0.122. The number of rotatable bonds is 5. The lowest BCUT2D eigenvalue weighted by Gasteiger charge is -2.39. The van der Waals surface area contributed by atoms with Crippen molar-refractivity contribution < 1.29 is 9.59 Å². The van der Waals surface area contributed by atoms with Crippen LogP contribution in [0, 0.1) is 5.92 Å². The van der Waals surface area contributed by atoms with E-state index < -0.39 is 0 Å². The van der Waals surface area contributed by atoms with Gasteiger partial charge in [-0.15, -0.1) is 11.8 Å². The van der Waals surface area contributed by atoms with Crippen LogP contribution in [-0.2, 0) is 4.79 Å². The molecule has 2 aliphatic rings. The molecule has 27 heavy (non-hydrogen) atoms. The van der Waals surface area contributed by atoms with Crippen molar-refractivity contribution in [1.82, 2.24) is 15.5 Å². The fourth-order valence-electron chi connectivity index (χ4n) is 3.49. The summed E-state index contributed by atoms with van der Waals surface area (Å²) >= 11 is 7.99. The molecule has 7 heteroatoms. The molecule has 1 spiro atoms. The van der Waals surface area contributed by atoms with Crippen molar-refractivity contribution in [1.29, 1.82) is 0 Å². The minimum absolute atomic E-state index is 0.0127. The van der Waals surface area contributed by atoms with Gasteiger partial charge in [0.05, 0.1) is 21.5 Å². The van der Waals surface area contributed by atoms with Crippen molar-refractivity contribution in [2.24, 2.45) is 5.92 Å². The fourth-order valence-corrected chi connectivity index (χ4v) is 5.13. The smallest absolute Gasteiger partial charge is 0.255 e. The topological polar surface area (TPSA) is 61.4 Å². The zero-order valence-corrected chi connectivity index (χ0v) is 17.5. The first kappa shape index (κ1) is 20.5. The van der Waals surface area contributed by atoms with Gasteiger partial charge < -0.3 is 10.2 Å². The number of benzene rings is 1. The molecule has 2 amide bonds. The van der Waals surface area contributed by atoms with Gasteiger partial charge in [0.1, 0.15) is 0 Å².